The van der Waals surface area contributed by atoms with E-state index in [2.05, 4.69) is 22.4 Å². The molecule has 0 amide bonds. The second kappa shape index (κ2) is 4.49. The first-order valence-electron chi connectivity index (χ1n) is 6.41. The highest BCUT2D eigenvalue weighted by molar-refractivity contribution is 5.73. The highest BCUT2D eigenvalue weighted by atomic mass is 16.3. The van der Waals surface area contributed by atoms with Gasteiger partial charge >= 0.3 is 0 Å². The van der Waals surface area contributed by atoms with Crippen LogP contribution in [0.4, 0.5) is 0 Å². The normalized spacial score (nSPS) is 20.9. The second-order valence-corrected chi connectivity index (χ2v) is 4.89. The molecule has 17 heavy (non-hydrogen) atoms. The first-order chi connectivity index (χ1) is 8.31. The Hall–Kier alpha value is -1.35. The van der Waals surface area contributed by atoms with Gasteiger partial charge in [-0.25, -0.2) is 4.98 Å². The highest BCUT2D eigenvalue weighted by Gasteiger charge is 2.13. The van der Waals surface area contributed by atoms with Crippen molar-refractivity contribution < 1.29 is 4.42 Å². The molecule has 1 aliphatic heterocycles. The molecule has 1 aliphatic rings. The minimum absolute atomic E-state index is 0.634. The Bertz CT molecular complexity index is 512. The molecule has 90 valence electrons. The monoisotopic (exact) mass is 230 g/mol. The highest BCUT2D eigenvalue weighted by Crippen LogP contribution is 2.19. The van der Waals surface area contributed by atoms with Gasteiger partial charge in [0.05, 0.1) is 0 Å². The smallest absolute Gasteiger partial charge is 0.192 e. The minimum Gasteiger partial charge on any atom is -0.441 e. The molecule has 0 bridgehead atoms. The molecule has 0 saturated carbocycles. The predicted molar refractivity (Wildman–Crippen MR) is 68.1 cm³/mol. The molecule has 1 N–H and O–H groups in total. The van der Waals surface area contributed by atoms with Crippen molar-refractivity contribution in [3.8, 4) is 0 Å². The third-order valence-corrected chi connectivity index (χ3v) is 3.45. The van der Waals surface area contributed by atoms with E-state index in [1.54, 1.807) is 0 Å². The summed E-state index contributed by atoms with van der Waals surface area (Å²) in [6, 6.07) is 6.98. The Morgan fingerprint density at radius 3 is 3.18 bits per heavy atom. The maximum absolute atomic E-state index is 5.49. The third kappa shape index (κ3) is 2.34. The van der Waals surface area contributed by atoms with E-state index in [4.69, 9.17) is 4.42 Å². The third-order valence-electron chi connectivity index (χ3n) is 3.45. The summed E-state index contributed by atoms with van der Waals surface area (Å²) in [5.41, 5.74) is 3.23. The van der Waals surface area contributed by atoms with Crippen LogP contribution in [0.2, 0.25) is 0 Å². The minimum atomic E-state index is 0.634. The molecule has 1 saturated heterocycles. The number of benzene rings is 1. The van der Waals surface area contributed by atoms with Crippen LogP contribution < -0.4 is 5.32 Å². The van der Waals surface area contributed by atoms with E-state index in [1.807, 2.05) is 13.0 Å². The van der Waals surface area contributed by atoms with E-state index >= 15 is 0 Å². The Morgan fingerprint density at radius 2 is 2.35 bits per heavy atom. The van der Waals surface area contributed by atoms with Gasteiger partial charge in [0.1, 0.15) is 5.52 Å². The van der Waals surface area contributed by atoms with Crippen molar-refractivity contribution in [1.29, 1.82) is 0 Å². The molecule has 2 heterocycles. The standard InChI is InChI=1S/C14H18N2O/c1-10-16-13-9-11(5-6-14(13)17-10)8-12-4-2-3-7-15-12/h5-6,9,12,15H,2-4,7-8H2,1H3. The zero-order valence-corrected chi connectivity index (χ0v) is 10.2. The van der Waals surface area contributed by atoms with E-state index in [1.165, 1.54) is 24.8 Å². The average Bonchev–Trinajstić information content (AvgIpc) is 2.70. The van der Waals surface area contributed by atoms with Gasteiger partial charge in [-0.15, -0.1) is 0 Å². The largest absolute Gasteiger partial charge is 0.441 e. The summed E-state index contributed by atoms with van der Waals surface area (Å²) in [5, 5.41) is 3.58. The Balaban J connectivity index is 1.79. The summed E-state index contributed by atoms with van der Waals surface area (Å²) in [6.45, 7) is 3.05. The number of hydrogen-bond acceptors (Lipinski definition) is 3. The molecule has 0 radical (unpaired) electrons. The van der Waals surface area contributed by atoms with Crippen molar-refractivity contribution in [1.82, 2.24) is 10.3 Å². The summed E-state index contributed by atoms with van der Waals surface area (Å²) in [5.74, 6) is 0.743. The molecule has 1 atom stereocenters. The maximum atomic E-state index is 5.49. The number of hydrogen-bond donors (Lipinski definition) is 1. The Kier molecular flexibility index (Phi) is 2.85. The molecule has 1 aromatic carbocycles. The van der Waals surface area contributed by atoms with Crippen molar-refractivity contribution in [2.45, 2.75) is 38.6 Å². The van der Waals surface area contributed by atoms with Crippen LogP contribution in [0.25, 0.3) is 11.1 Å². The van der Waals surface area contributed by atoms with E-state index < -0.39 is 0 Å². The van der Waals surface area contributed by atoms with Crippen LogP contribution in [0.15, 0.2) is 22.6 Å². The maximum Gasteiger partial charge on any atom is 0.192 e. The van der Waals surface area contributed by atoms with Crippen LogP contribution in [0.1, 0.15) is 30.7 Å². The van der Waals surface area contributed by atoms with Gasteiger partial charge in [-0.1, -0.05) is 12.5 Å². The van der Waals surface area contributed by atoms with Gasteiger partial charge in [-0.2, -0.15) is 0 Å². The number of aromatic nitrogens is 1. The molecule has 2 aromatic rings. The molecule has 1 fully saturated rings. The quantitative estimate of drug-likeness (QED) is 0.862. The zero-order chi connectivity index (χ0) is 11.7. The van der Waals surface area contributed by atoms with E-state index in [9.17, 15) is 0 Å². The summed E-state index contributed by atoms with van der Waals surface area (Å²) in [4.78, 5) is 4.38. The number of aryl methyl sites for hydroxylation is 1. The Morgan fingerprint density at radius 1 is 1.41 bits per heavy atom. The van der Waals surface area contributed by atoms with Gasteiger partial charge in [0.15, 0.2) is 11.5 Å². The van der Waals surface area contributed by atoms with Crippen LogP contribution in [0, 0.1) is 6.92 Å². The number of oxazole rings is 1. The van der Waals surface area contributed by atoms with E-state index in [0.29, 0.717) is 6.04 Å². The van der Waals surface area contributed by atoms with E-state index in [0.717, 1.165) is 30.0 Å². The lowest BCUT2D eigenvalue weighted by Crippen LogP contribution is -2.35. The fourth-order valence-electron chi connectivity index (χ4n) is 2.60. The summed E-state index contributed by atoms with van der Waals surface area (Å²) >= 11 is 0. The molecule has 3 nitrogen and oxygen atoms in total. The molecule has 1 aromatic heterocycles. The van der Waals surface area contributed by atoms with Crippen molar-refractivity contribution in [3.63, 3.8) is 0 Å². The Labute approximate surface area is 101 Å². The lowest BCUT2D eigenvalue weighted by Gasteiger charge is -2.23. The van der Waals surface area contributed by atoms with Crippen LogP contribution in [0.5, 0.6) is 0 Å². The van der Waals surface area contributed by atoms with Gasteiger partial charge in [0, 0.05) is 13.0 Å². The fourth-order valence-corrected chi connectivity index (χ4v) is 2.60. The first kappa shape index (κ1) is 10.8. The van der Waals surface area contributed by atoms with Crippen LogP contribution in [-0.4, -0.2) is 17.6 Å². The summed E-state index contributed by atoms with van der Waals surface area (Å²) in [6.07, 6.45) is 5.05. The molecule has 3 rings (SSSR count). The lowest BCUT2D eigenvalue weighted by atomic mass is 9.98. The fraction of sp³-hybridized carbons (Fsp3) is 0.500. The topological polar surface area (TPSA) is 38.1 Å². The molecule has 0 spiro atoms. The first-order valence-corrected chi connectivity index (χ1v) is 6.41. The second-order valence-electron chi connectivity index (χ2n) is 4.89. The number of fused-ring (bicyclic) bond motifs is 1. The molecular weight excluding hydrogens is 212 g/mol. The van der Waals surface area contributed by atoms with Crippen molar-refractivity contribution >= 4 is 11.1 Å². The molecular formula is C14H18N2O. The average molecular weight is 230 g/mol. The van der Waals surface area contributed by atoms with Crippen molar-refractivity contribution in [2.75, 3.05) is 6.54 Å². The van der Waals surface area contributed by atoms with Gasteiger partial charge in [0.25, 0.3) is 0 Å². The predicted octanol–water partition coefficient (Wildman–Crippen LogP) is 2.82. The van der Waals surface area contributed by atoms with Crippen molar-refractivity contribution in [2.24, 2.45) is 0 Å². The zero-order valence-electron chi connectivity index (χ0n) is 10.2. The SMILES string of the molecule is Cc1nc2cc(CC3CCCCN3)ccc2o1. The number of nitrogens with one attached hydrogen (secondary N) is 1. The summed E-state index contributed by atoms with van der Waals surface area (Å²) < 4.78 is 5.49. The van der Waals surface area contributed by atoms with Crippen LogP contribution in [0.3, 0.4) is 0 Å². The summed E-state index contributed by atoms with van der Waals surface area (Å²) in [7, 11) is 0. The van der Waals surface area contributed by atoms with Gasteiger partial charge in [-0.05, 0) is 43.5 Å². The van der Waals surface area contributed by atoms with Gasteiger partial charge in [0.2, 0.25) is 0 Å². The van der Waals surface area contributed by atoms with E-state index in [-0.39, 0.29) is 0 Å². The number of rotatable bonds is 2. The van der Waals surface area contributed by atoms with Crippen LogP contribution in [-0.2, 0) is 6.42 Å². The molecule has 0 aliphatic carbocycles. The lowest BCUT2D eigenvalue weighted by molar-refractivity contribution is 0.399. The van der Waals surface area contributed by atoms with Crippen molar-refractivity contribution in [3.05, 3.63) is 29.7 Å². The molecule has 3 heteroatoms. The molecule has 1 unspecified atom stereocenters. The van der Waals surface area contributed by atoms with Gasteiger partial charge < -0.3 is 9.73 Å². The number of piperidine rings is 1. The van der Waals surface area contributed by atoms with Gasteiger partial charge in [-0.3, -0.25) is 0 Å². The number of nitrogens with zero attached hydrogens (tertiary/aromatic N) is 1. The van der Waals surface area contributed by atoms with Crippen LogP contribution >= 0.6 is 0 Å².